The molecule has 4 aromatic rings. The predicted molar refractivity (Wildman–Crippen MR) is 199 cm³/mol. The second-order valence-electron chi connectivity index (χ2n) is 13.4. The largest absolute Gasteiger partial charge is 0.493 e. The van der Waals surface area contributed by atoms with Gasteiger partial charge in [0.05, 0.1) is 60.3 Å². The maximum Gasteiger partial charge on any atom is 0.336 e. The van der Waals surface area contributed by atoms with Gasteiger partial charge in [-0.3, -0.25) is 0 Å². The Labute approximate surface area is 309 Å². The lowest BCUT2D eigenvalue weighted by molar-refractivity contribution is -0.133. The van der Waals surface area contributed by atoms with Crippen LogP contribution < -0.4 is 18.9 Å². The standard InChI is InChI=1S/C42H42O10S/c1-3-41(25-47-26-41)29-49-33-11-5-31(6-12-33)9-23-39(43)51-35-15-19-37(20-16-35)53(45,46)38-21-17-36(18-22-38)52-40(44)24-10-32-7-13-34(14-8-32)50-30-42(4-2)27-48-28-42/h5-24H,3-4,25-30H2,1-2H3. The van der Waals surface area contributed by atoms with Crippen molar-refractivity contribution in [3.8, 4) is 23.0 Å². The minimum absolute atomic E-state index is 0.0101. The van der Waals surface area contributed by atoms with Crippen molar-refractivity contribution < 1.29 is 46.4 Å². The number of carbonyl (C=O) groups is 2. The Morgan fingerprint density at radius 1 is 0.566 bits per heavy atom. The molecule has 0 spiro atoms. The molecule has 4 aromatic carbocycles. The number of rotatable bonds is 16. The van der Waals surface area contributed by atoms with E-state index < -0.39 is 21.8 Å². The highest BCUT2D eigenvalue weighted by atomic mass is 32.2. The summed E-state index contributed by atoms with van der Waals surface area (Å²) in [7, 11) is -3.90. The molecule has 11 heteroatoms. The SMILES string of the molecule is CCC1(COc2ccc(C=CC(=O)Oc3ccc(S(=O)(=O)c4ccc(OC(=O)C=Cc5ccc(OCC6(CC)COC6)cc5)cc4)cc3)cc2)COC1. The summed E-state index contributed by atoms with van der Waals surface area (Å²) in [5.74, 6) is 0.643. The number of hydrogen-bond donors (Lipinski definition) is 0. The zero-order valence-corrected chi connectivity index (χ0v) is 30.5. The van der Waals surface area contributed by atoms with E-state index in [1.165, 1.54) is 60.7 Å². The van der Waals surface area contributed by atoms with Gasteiger partial charge >= 0.3 is 11.9 Å². The topological polar surface area (TPSA) is 124 Å². The summed E-state index contributed by atoms with van der Waals surface area (Å²) in [5, 5.41) is 0. The van der Waals surface area contributed by atoms with Gasteiger partial charge in [-0.1, -0.05) is 38.1 Å². The van der Waals surface area contributed by atoms with E-state index in [9.17, 15) is 18.0 Å². The molecule has 2 aliphatic rings. The summed E-state index contributed by atoms with van der Waals surface area (Å²) in [4.78, 5) is 24.9. The monoisotopic (exact) mass is 738 g/mol. The number of carbonyl (C=O) groups excluding carboxylic acids is 2. The molecule has 2 heterocycles. The number of esters is 2. The minimum Gasteiger partial charge on any atom is -0.493 e. The average molecular weight is 739 g/mol. The van der Waals surface area contributed by atoms with Gasteiger partial charge in [0.1, 0.15) is 23.0 Å². The van der Waals surface area contributed by atoms with Gasteiger partial charge in [-0.15, -0.1) is 0 Å². The van der Waals surface area contributed by atoms with Gasteiger partial charge < -0.3 is 28.4 Å². The number of sulfone groups is 1. The van der Waals surface area contributed by atoms with Crippen LogP contribution in [0.5, 0.6) is 23.0 Å². The Kier molecular flexibility index (Phi) is 11.8. The zero-order chi connectivity index (χ0) is 37.3. The van der Waals surface area contributed by atoms with Crippen molar-refractivity contribution in [2.24, 2.45) is 10.8 Å². The molecular formula is C42H42O10S. The third-order valence-electron chi connectivity index (χ3n) is 9.51. The molecule has 0 saturated carbocycles. The Morgan fingerprint density at radius 2 is 0.906 bits per heavy atom. The second-order valence-corrected chi connectivity index (χ2v) is 15.3. The van der Waals surface area contributed by atoms with E-state index in [4.69, 9.17) is 28.4 Å². The van der Waals surface area contributed by atoms with Crippen LogP contribution in [0.1, 0.15) is 37.8 Å². The van der Waals surface area contributed by atoms with Crippen LogP contribution in [0, 0.1) is 10.8 Å². The maximum atomic E-state index is 13.2. The van der Waals surface area contributed by atoms with Crippen molar-refractivity contribution in [2.45, 2.75) is 36.5 Å². The van der Waals surface area contributed by atoms with E-state index >= 15 is 0 Å². The van der Waals surface area contributed by atoms with Crippen LogP contribution in [-0.2, 0) is 28.9 Å². The van der Waals surface area contributed by atoms with Crippen molar-refractivity contribution in [2.75, 3.05) is 39.6 Å². The van der Waals surface area contributed by atoms with Crippen LogP contribution in [0.4, 0.5) is 0 Å². The van der Waals surface area contributed by atoms with Crippen molar-refractivity contribution >= 4 is 33.9 Å². The predicted octanol–water partition coefficient (Wildman–Crippen LogP) is 7.37. The molecule has 53 heavy (non-hydrogen) atoms. The Balaban J connectivity index is 0.957. The summed E-state index contributed by atoms with van der Waals surface area (Å²) >= 11 is 0. The lowest BCUT2D eigenvalue weighted by Gasteiger charge is -2.40. The number of hydrogen-bond acceptors (Lipinski definition) is 10. The molecule has 0 N–H and O–H groups in total. The van der Waals surface area contributed by atoms with Gasteiger partial charge in [-0.25, -0.2) is 18.0 Å². The molecule has 0 unspecified atom stereocenters. The van der Waals surface area contributed by atoms with Gasteiger partial charge in [0.25, 0.3) is 0 Å². The fraction of sp³-hybridized carbons (Fsp3) is 0.286. The van der Waals surface area contributed by atoms with Gasteiger partial charge in [0.15, 0.2) is 0 Å². The summed E-state index contributed by atoms with van der Waals surface area (Å²) < 4.78 is 59.7. The summed E-state index contributed by atoms with van der Waals surface area (Å²) in [6, 6.07) is 25.8. The van der Waals surface area contributed by atoms with Gasteiger partial charge in [0, 0.05) is 12.2 Å². The molecule has 10 nitrogen and oxygen atoms in total. The lowest BCUT2D eigenvalue weighted by Crippen LogP contribution is -2.46. The van der Waals surface area contributed by atoms with E-state index in [1.807, 2.05) is 48.5 Å². The van der Waals surface area contributed by atoms with Crippen molar-refractivity contribution in [1.82, 2.24) is 0 Å². The van der Waals surface area contributed by atoms with E-state index in [2.05, 4.69) is 13.8 Å². The average Bonchev–Trinajstić information content (AvgIpc) is 3.14. The van der Waals surface area contributed by atoms with E-state index in [-0.39, 0.29) is 32.1 Å². The summed E-state index contributed by atoms with van der Waals surface area (Å²) in [5.41, 5.74) is 1.75. The minimum atomic E-state index is -3.90. The lowest BCUT2D eigenvalue weighted by atomic mass is 9.84. The molecule has 0 aliphatic carbocycles. The quantitative estimate of drug-likeness (QED) is 0.0654. The molecule has 0 radical (unpaired) electrons. The van der Waals surface area contributed by atoms with Crippen LogP contribution in [0.2, 0.25) is 0 Å². The smallest absolute Gasteiger partial charge is 0.336 e. The van der Waals surface area contributed by atoms with Gasteiger partial charge in [-0.2, -0.15) is 0 Å². The third-order valence-corrected chi connectivity index (χ3v) is 11.3. The van der Waals surface area contributed by atoms with E-state index in [1.54, 1.807) is 12.2 Å². The molecular weight excluding hydrogens is 697 g/mol. The molecule has 0 amide bonds. The maximum absolute atomic E-state index is 13.2. The highest BCUT2D eigenvalue weighted by Crippen LogP contribution is 2.33. The second kappa shape index (κ2) is 16.6. The van der Waals surface area contributed by atoms with Crippen LogP contribution in [0.25, 0.3) is 12.2 Å². The molecule has 0 atom stereocenters. The molecule has 276 valence electrons. The first-order valence-corrected chi connectivity index (χ1v) is 18.9. The molecule has 2 aliphatic heterocycles. The first-order chi connectivity index (χ1) is 25.6. The Bertz CT molecular complexity index is 1870. The van der Waals surface area contributed by atoms with Crippen molar-refractivity contribution in [3.05, 3.63) is 120 Å². The van der Waals surface area contributed by atoms with E-state index in [0.29, 0.717) is 39.6 Å². The van der Waals surface area contributed by atoms with E-state index in [0.717, 1.165) is 35.5 Å². The molecule has 6 rings (SSSR count). The van der Waals surface area contributed by atoms with Crippen molar-refractivity contribution in [3.63, 3.8) is 0 Å². The highest BCUT2D eigenvalue weighted by molar-refractivity contribution is 7.91. The summed E-state index contributed by atoms with van der Waals surface area (Å²) in [6.45, 7) is 8.30. The first-order valence-electron chi connectivity index (χ1n) is 17.5. The van der Waals surface area contributed by atoms with Crippen LogP contribution in [-0.4, -0.2) is 60.0 Å². The fourth-order valence-corrected chi connectivity index (χ4v) is 6.78. The fourth-order valence-electron chi connectivity index (χ4n) is 5.52. The zero-order valence-electron chi connectivity index (χ0n) is 29.7. The Hall–Kier alpha value is -5.23. The van der Waals surface area contributed by atoms with Crippen LogP contribution in [0.3, 0.4) is 0 Å². The van der Waals surface area contributed by atoms with Gasteiger partial charge in [-0.05, 0) is 109 Å². The molecule has 0 aromatic heterocycles. The van der Waals surface area contributed by atoms with Crippen LogP contribution >= 0.6 is 0 Å². The Morgan fingerprint density at radius 3 is 1.21 bits per heavy atom. The van der Waals surface area contributed by atoms with Crippen molar-refractivity contribution in [1.29, 1.82) is 0 Å². The normalized spacial score (nSPS) is 16.0. The number of benzene rings is 4. The van der Waals surface area contributed by atoms with Gasteiger partial charge in [0.2, 0.25) is 9.84 Å². The summed E-state index contributed by atoms with van der Waals surface area (Å²) in [6.07, 6.45) is 7.83. The number of ether oxygens (including phenoxy) is 6. The molecule has 2 saturated heterocycles. The first kappa shape index (κ1) is 37.5. The molecule has 2 fully saturated rings. The third kappa shape index (κ3) is 9.61. The van der Waals surface area contributed by atoms with Crippen LogP contribution in [0.15, 0.2) is 119 Å². The molecule has 0 bridgehead atoms. The highest BCUT2D eigenvalue weighted by Gasteiger charge is 2.38.